The van der Waals surface area contributed by atoms with Crippen LogP contribution in [-0.2, 0) is 22.3 Å². The lowest BCUT2D eigenvalue weighted by molar-refractivity contribution is -0.138. The summed E-state index contributed by atoms with van der Waals surface area (Å²) >= 11 is 0. The summed E-state index contributed by atoms with van der Waals surface area (Å²) in [6.07, 6.45) is 2.01. The Morgan fingerprint density at radius 3 is 2.31 bits per heavy atom. The number of hydrogen-bond acceptors (Lipinski definition) is 6. The Hall–Kier alpha value is -4.03. The molecule has 0 atom stereocenters. The molecule has 12 heteroatoms. The number of alkyl halides is 3. The number of carbonyl (C=O) groups is 2. The number of benzene rings is 2. The zero-order valence-corrected chi connectivity index (χ0v) is 25.2. The Bertz CT molecular complexity index is 1480. The molecule has 5 rings (SSSR count). The van der Waals surface area contributed by atoms with Gasteiger partial charge in [0.2, 0.25) is 11.8 Å². The van der Waals surface area contributed by atoms with E-state index in [-0.39, 0.29) is 41.9 Å². The van der Waals surface area contributed by atoms with Crippen molar-refractivity contribution in [2.24, 2.45) is 5.92 Å². The smallest absolute Gasteiger partial charge is 0.374 e. The molecule has 8 nitrogen and oxygen atoms in total. The van der Waals surface area contributed by atoms with E-state index in [9.17, 15) is 27.2 Å². The van der Waals surface area contributed by atoms with Gasteiger partial charge in [-0.2, -0.15) is 13.2 Å². The predicted octanol–water partition coefficient (Wildman–Crippen LogP) is 6.22. The molecule has 2 fully saturated rings. The van der Waals surface area contributed by atoms with Crippen LogP contribution in [0, 0.1) is 11.7 Å². The number of aromatic nitrogens is 1. The number of carbonyl (C=O) groups excluding carboxylic acids is 2. The van der Waals surface area contributed by atoms with Gasteiger partial charge < -0.3 is 20.9 Å². The summed E-state index contributed by atoms with van der Waals surface area (Å²) in [4.78, 5) is 33.5. The highest BCUT2D eigenvalue weighted by Crippen LogP contribution is 2.35. The second-order valence-electron chi connectivity index (χ2n) is 11.8. The van der Waals surface area contributed by atoms with Gasteiger partial charge in [-0.1, -0.05) is 31.4 Å². The third-order valence-electron chi connectivity index (χ3n) is 8.42. The summed E-state index contributed by atoms with van der Waals surface area (Å²) < 4.78 is 56.5. The van der Waals surface area contributed by atoms with Crippen LogP contribution in [0.25, 0.3) is 11.1 Å². The van der Waals surface area contributed by atoms with Crippen molar-refractivity contribution in [3.63, 3.8) is 0 Å². The number of nitrogens with zero attached hydrogens (tertiary/aromatic N) is 3. The van der Waals surface area contributed by atoms with Gasteiger partial charge in [0.1, 0.15) is 11.6 Å². The molecule has 1 aliphatic heterocycles. The van der Waals surface area contributed by atoms with Crippen molar-refractivity contribution >= 4 is 29.0 Å². The van der Waals surface area contributed by atoms with Crippen molar-refractivity contribution < 1.29 is 27.2 Å². The highest BCUT2D eigenvalue weighted by Gasteiger charge is 2.34. The van der Waals surface area contributed by atoms with E-state index in [0.29, 0.717) is 30.0 Å². The van der Waals surface area contributed by atoms with E-state index >= 15 is 0 Å². The number of pyridine rings is 1. The fourth-order valence-electron chi connectivity index (χ4n) is 5.75. The van der Waals surface area contributed by atoms with Gasteiger partial charge in [0.25, 0.3) is 0 Å². The predicted molar refractivity (Wildman–Crippen MR) is 166 cm³/mol. The van der Waals surface area contributed by atoms with Crippen molar-refractivity contribution in [1.82, 2.24) is 14.8 Å². The van der Waals surface area contributed by atoms with E-state index in [1.165, 1.54) is 24.3 Å². The topological polar surface area (TPSA) is 89.6 Å². The molecule has 1 aliphatic carbocycles. The van der Waals surface area contributed by atoms with E-state index in [2.05, 4.69) is 25.8 Å². The molecule has 2 heterocycles. The van der Waals surface area contributed by atoms with E-state index in [4.69, 9.17) is 0 Å². The number of likely N-dealkylation sites (N-methyl/N-ethyl adjacent to an activating group) is 1. The molecule has 240 valence electrons. The molecule has 1 saturated heterocycles. The molecule has 1 aromatic heterocycles. The third-order valence-corrected chi connectivity index (χ3v) is 8.42. The summed E-state index contributed by atoms with van der Waals surface area (Å²) in [5.74, 6) is -0.812. The molecule has 0 spiro atoms. The summed E-state index contributed by atoms with van der Waals surface area (Å²) in [5, 5.41) is 8.03. The minimum atomic E-state index is -4.58. The zero-order chi connectivity index (χ0) is 32.0. The summed E-state index contributed by atoms with van der Waals surface area (Å²) in [6.45, 7) is 2.76. The quantitative estimate of drug-likeness (QED) is 0.245. The first-order valence-corrected chi connectivity index (χ1v) is 15.3. The van der Waals surface area contributed by atoms with Crippen LogP contribution in [0.4, 0.5) is 34.8 Å². The Balaban J connectivity index is 1.15. The first-order valence-electron chi connectivity index (χ1n) is 15.3. The number of hydrogen-bond donors (Lipinski definition) is 3. The Kier molecular flexibility index (Phi) is 10.3. The van der Waals surface area contributed by atoms with Gasteiger partial charge >= 0.3 is 6.18 Å². The molecule has 2 aromatic carbocycles. The minimum absolute atomic E-state index is 0.00610. The Morgan fingerprint density at radius 2 is 1.64 bits per heavy atom. The first kappa shape index (κ1) is 32.4. The monoisotopic (exact) mass is 626 g/mol. The van der Waals surface area contributed by atoms with Crippen molar-refractivity contribution in [2.45, 2.75) is 44.8 Å². The number of halogens is 4. The van der Waals surface area contributed by atoms with Crippen molar-refractivity contribution in [3.05, 3.63) is 71.7 Å². The van der Waals surface area contributed by atoms with E-state index in [1.807, 2.05) is 11.9 Å². The van der Waals surface area contributed by atoms with Crippen molar-refractivity contribution in [1.29, 1.82) is 0 Å². The number of nitrogens with one attached hydrogen (secondary N) is 3. The van der Waals surface area contributed by atoms with Gasteiger partial charge in [-0.25, -0.2) is 9.37 Å². The van der Waals surface area contributed by atoms with Crippen LogP contribution < -0.4 is 16.0 Å². The second-order valence-corrected chi connectivity index (χ2v) is 11.8. The zero-order valence-electron chi connectivity index (χ0n) is 25.2. The Morgan fingerprint density at radius 1 is 0.911 bits per heavy atom. The van der Waals surface area contributed by atoms with Crippen LogP contribution >= 0.6 is 0 Å². The van der Waals surface area contributed by atoms with E-state index in [0.717, 1.165) is 51.3 Å². The number of amides is 2. The van der Waals surface area contributed by atoms with Gasteiger partial charge in [-0.05, 0) is 67.4 Å². The molecule has 45 heavy (non-hydrogen) atoms. The largest absolute Gasteiger partial charge is 0.416 e. The van der Waals surface area contributed by atoms with Crippen molar-refractivity contribution in [2.75, 3.05) is 55.7 Å². The Labute approximate surface area is 260 Å². The standard InChI is InChI=1S/C33H38F4N6O2/c1-42-13-15-43(16-14-42)21-25-7-10-26(18-27(25)33(35,36)37)40-31(44)20-38-29-11-8-23(17-28(29)34)24-9-12-30(39-19-24)41-32(45)22-5-3-2-4-6-22/h7-12,17-19,22,38H,2-6,13-16,20-21H2,1H3,(H,40,44)(H,39,41,45). The highest BCUT2D eigenvalue weighted by molar-refractivity contribution is 5.94. The lowest BCUT2D eigenvalue weighted by Gasteiger charge is -2.33. The van der Waals surface area contributed by atoms with Crippen LogP contribution in [0.2, 0.25) is 0 Å². The van der Waals surface area contributed by atoms with Crippen molar-refractivity contribution in [3.8, 4) is 11.1 Å². The van der Waals surface area contributed by atoms with Crippen LogP contribution in [0.1, 0.15) is 43.2 Å². The number of rotatable bonds is 9. The molecular formula is C33H38F4N6O2. The SMILES string of the molecule is CN1CCN(Cc2ccc(NC(=O)CNc3ccc(-c4ccc(NC(=O)C5CCCCC5)nc4)cc3F)cc2C(F)(F)F)CC1. The van der Waals surface area contributed by atoms with E-state index < -0.39 is 23.5 Å². The molecule has 3 aromatic rings. The molecule has 1 saturated carbocycles. The normalized spacial score (nSPS) is 16.7. The summed E-state index contributed by atoms with van der Waals surface area (Å²) in [7, 11) is 1.98. The van der Waals surface area contributed by atoms with E-state index in [1.54, 1.807) is 24.4 Å². The first-order chi connectivity index (χ1) is 21.5. The average molecular weight is 627 g/mol. The maximum atomic E-state index is 14.9. The van der Waals surface area contributed by atoms with Gasteiger partial charge in [-0.15, -0.1) is 0 Å². The number of piperazine rings is 1. The summed E-state index contributed by atoms with van der Waals surface area (Å²) in [6, 6.07) is 11.6. The highest BCUT2D eigenvalue weighted by atomic mass is 19.4. The molecule has 2 amide bonds. The van der Waals surface area contributed by atoms with Crippen LogP contribution in [-0.4, -0.2) is 66.4 Å². The van der Waals surface area contributed by atoms with Gasteiger partial charge in [0.15, 0.2) is 0 Å². The fourth-order valence-corrected chi connectivity index (χ4v) is 5.75. The second kappa shape index (κ2) is 14.4. The molecular weight excluding hydrogens is 588 g/mol. The molecule has 2 aliphatic rings. The molecule has 0 unspecified atom stereocenters. The van der Waals surface area contributed by atoms with Crippen LogP contribution in [0.3, 0.4) is 0 Å². The molecule has 3 N–H and O–H groups in total. The summed E-state index contributed by atoms with van der Waals surface area (Å²) in [5.41, 5.74) is 0.638. The van der Waals surface area contributed by atoms with Crippen LogP contribution in [0.15, 0.2) is 54.7 Å². The average Bonchev–Trinajstić information content (AvgIpc) is 3.02. The number of anilines is 3. The minimum Gasteiger partial charge on any atom is -0.374 e. The third kappa shape index (κ3) is 8.79. The van der Waals surface area contributed by atoms with Gasteiger partial charge in [0, 0.05) is 56.1 Å². The van der Waals surface area contributed by atoms with Crippen LogP contribution in [0.5, 0.6) is 0 Å². The van der Waals surface area contributed by atoms with Gasteiger partial charge in [-0.3, -0.25) is 14.5 Å². The lowest BCUT2D eigenvalue weighted by Crippen LogP contribution is -2.44. The molecule has 0 radical (unpaired) electrons. The maximum Gasteiger partial charge on any atom is 0.416 e. The van der Waals surface area contributed by atoms with Gasteiger partial charge in [0.05, 0.1) is 17.8 Å². The fraction of sp³-hybridized carbons (Fsp3) is 0.424. The maximum absolute atomic E-state index is 14.9. The molecule has 0 bridgehead atoms. The lowest BCUT2D eigenvalue weighted by atomic mass is 9.89.